The number of ether oxygens (including phenoxy) is 1. The van der Waals surface area contributed by atoms with Crippen molar-refractivity contribution >= 4 is 0 Å². The quantitative estimate of drug-likeness (QED) is 0.695. The van der Waals surface area contributed by atoms with Crippen molar-refractivity contribution in [2.45, 2.75) is 44.8 Å². The lowest BCUT2D eigenvalue weighted by Gasteiger charge is -2.24. The molecule has 0 saturated carbocycles. The van der Waals surface area contributed by atoms with Crippen LogP contribution >= 0.6 is 0 Å². The van der Waals surface area contributed by atoms with E-state index in [1.165, 1.54) is 19.3 Å². The molecule has 2 bridgehead atoms. The lowest BCUT2D eigenvalue weighted by Crippen LogP contribution is -2.24. The molecule has 0 radical (unpaired) electrons. The molecule has 2 nitrogen and oxygen atoms in total. The third kappa shape index (κ3) is 1.38. The van der Waals surface area contributed by atoms with Gasteiger partial charge >= 0.3 is 0 Å². The molecule has 70 valence electrons. The smallest absolute Gasteiger partial charge is 0.0611 e. The first-order valence-electron chi connectivity index (χ1n) is 5.16. The van der Waals surface area contributed by atoms with E-state index in [0.29, 0.717) is 12.2 Å². The van der Waals surface area contributed by atoms with Gasteiger partial charge in [0.05, 0.1) is 12.2 Å². The molecule has 12 heavy (non-hydrogen) atoms. The normalized spacial score (nSPS) is 42.0. The Morgan fingerprint density at radius 1 is 1.50 bits per heavy atom. The Bertz CT molecular complexity index is 160. The first-order valence-corrected chi connectivity index (χ1v) is 5.16. The van der Waals surface area contributed by atoms with Crippen molar-refractivity contribution in [3.05, 3.63) is 0 Å². The van der Waals surface area contributed by atoms with Crippen LogP contribution in [0.5, 0.6) is 0 Å². The summed E-state index contributed by atoms with van der Waals surface area (Å²) in [5.41, 5.74) is 5.55. The SMILES string of the molecule is CC(CCN)C1CC2CCC1O2. The van der Waals surface area contributed by atoms with Crippen LogP contribution in [0.25, 0.3) is 0 Å². The van der Waals surface area contributed by atoms with Gasteiger partial charge in [-0.25, -0.2) is 0 Å². The van der Waals surface area contributed by atoms with Crippen LogP contribution in [0.4, 0.5) is 0 Å². The predicted molar refractivity (Wildman–Crippen MR) is 48.8 cm³/mol. The fraction of sp³-hybridized carbons (Fsp3) is 1.00. The molecule has 0 aromatic heterocycles. The summed E-state index contributed by atoms with van der Waals surface area (Å²) in [6.07, 6.45) is 6.24. The van der Waals surface area contributed by atoms with Gasteiger partial charge in [0, 0.05) is 0 Å². The van der Waals surface area contributed by atoms with Crippen molar-refractivity contribution < 1.29 is 4.74 Å². The highest BCUT2D eigenvalue weighted by Crippen LogP contribution is 2.42. The number of fused-ring (bicyclic) bond motifs is 2. The molecule has 4 unspecified atom stereocenters. The molecule has 0 aromatic carbocycles. The molecule has 2 heterocycles. The number of nitrogens with two attached hydrogens (primary N) is 1. The Morgan fingerprint density at radius 2 is 2.33 bits per heavy atom. The van der Waals surface area contributed by atoms with Gasteiger partial charge in [0.15, 0.2) is 0 Å². The Morgan fingerprint density at radius 3 is 2.83 bits per heavy atom. The van der Waals surface area contributed by atoms with Crippen LogP contribution < -0.4 is 5.73 Å². The average Bonchev–Trinajstić information content (AvgIpc) is 2.64. The zero-order valence-electron chi connectivity index (χ0n) is 7.83. The minimum Gasteiger partial charge on any atom is -0.375 e. The van der Waals surface area contributed by atoms with Gasteiger partial charge in [-0.2, -0.15) is 0 Å². The summed E-state index contributed by atoms with van der Waals surface area (Å²) < 4.78 is 5.81. The van der Waals surface area contributed by atoms with E-state index in [1.54, 1.807) is 0 Å². The second-order valence-electron chi connectivity index (χ2n) is 4.33. The molecule has 0 aromatic rings. The molecule has 0 aliphatic carbocycles. The monoisotopic (exact) mass is 169 g/mol. The van der Waals surface area contributed by atoms with Crippen LogP contribution in [-0.4, -0.2) is 18.8 Å². The highest BCUT2D eigenvalue weighted by molar-refractivity contribution is 4.91. The van der Waals surface area contributed by atoms with Gasteiger partial charge in [0.25, 0.3) is 0 Å². The summed E-state index contributed by atoms with van der Waals surface area (Å²) in [6, 6.07) is 0. The molecule has 2 rings (SSSR count). The van der Waals surface area contributed by atoms with Crippen LogP contribution in [0.2, 0.25) is 0 Å². The largest absolute Gasteiger partial charge is 0.375 e. The lowest BCUT2D eigenvalue weighted by molar-refractivity contribution is 0.0827. The lowest BCUT2D eigenvalue weighted by atomic mass is 9.79. The molecule has 2 aliphatic rings. The van der Waals surface area contributed by atoms with Crippen LogP contribution in [0.1, 0.15) is 32.6 Å². The minimum atomic E-state index is 0.580. The van der Waals surface area contributed by atoms with Gasteiger partial charge in [-0.05, 0) is 44.1 Å². The molecule has 2 saturated heterocycles. The molecule has 2 aliphatic heterocycles. The van der Waals surface area contributed by atoms with Gasteiger partial charge in [-0.3, -0.25) is 0 Å². The Labute approximate surface area is 74.5 Å². The third-order valence-electron chi connectivity index (χ3n) is 3.51. The second-order valence-corrected chi connectivity index (χ2v) is 4.33. The summed E-state index contributed by atoms with van der Waals surface area (Å²) in [7, 11) is 0. The second kappa shape index (κ2) is 3.35. The highest BCUT2D eigenvalue weighted by atomic mass is 16.5. The van der Waals surface area contributed by atoms with Crippen molar-refractivity contribution in [2.24, 2.45) is 17.6 Å². The van der Waals surface area contributed by atoms with Crippen molar-refractivity contribution in [2.75, 3.05) is 6.54 Å². The van der Waals surface area contributed by atoms with E-state index in [0.717, 1.165) is 24.8 Å². The van der Waals surface area contributed by atoms with Crippen LogP contribution in [-0.2, 0) is 4.74 Å². The zero-order valence-corrected chi connectivity index (χ0v) is 7.83. The Kier molecular flexibility index (Phi) is 2.37. The summed E-state index contributed by atoms with van der Waals surface area (Å²) in [5, 5.41) is 0. The summed E-state index contributed by atoms with van der Waals surface area (Å²) in [4.78, 5) is 0. The molecule has 2 N–H and O–H groups in total. The maximum Gasteiger partial charge on any atom is 0.0611 e. The van der Waals surface area contributed by atoms with Crippen molar-refractivity contribution in [3.8, 4) is 0 Å². The van der Waals surface area contributed by atoms with E-state index in [2.05, 4.69) is 6.92 Å². The minimum absolute atomic E-state index is 0.580. The predicted octanol–water partition coefficient (Wildman–Crippen LogP) is 1.54. The first kappa shape index (κ1) is 8.52. The Hall–Kier alpha value is -0.0800. The molecule has 2 heteroatoms. The Balaban J connectivity index is 1.89. The van der Waals surface area contributed by atoms with E-state index in [-0.39, 0.29) is 0 Å². The summed E-state index contributed by atoms with van der Waals surface area (Å²) in [6.45, 7) is 3.15. The van der Waals surface area contributed by atoms with Crippen molar-refractivity contribution in [1.29, 1.82) is 0 Å². The van der Waals surface area contributed by atoms with Gasteiger partial charge in [0.1, 0.15) is 0 Å². The molecular weight excluding hydrogens is 150 g/mol. The first-order chi connectivity index (χ1) is 5.81. The standard InChI is InChI=1S/C10H19NO/c1-7(4-5-11)9-6-8-2-3-10(9)12-8/h7-10H,2-6,11H2,1H3. The number of rotatable bonds is 3. The van der Waals surface area contributed by atoms with Gasteiger partial charge in [0.2, 0.25) is 0 Å². The molecule has 0 spiro atoms. The topological polar surface area (TPSA) is 35.2 Å². The summed E-state index contributed by atoms with van der Waals surface area (Å²) in [5.74, 6) is 1.58. The van der Waals surface area contributed by atoms with E-state index in [1.807, 2.05) is 0 Å². The van der Waals surface area contributed by atoms with Gasteiger partial charge < -0.3 is 10.5 Å². The molecular formula is C10H19NO. The van der Waals surface area contributed by atoms with Gasteiger partial charge in [-0.15, -0.1) is 0 Å². The number of hydrogen-bond acceptors (Lipinski definition) is 2. The highest BCUT2D eigenvalue weighted by Gasteiger charge is 2.42. The third-order valence-corrected chi connectivity index (χ3v) is 3.51. The van der Waals surface area contributed by atoms with E-state index in [9.17, 15) is 0 Å². The molecule has 2 fully saturated rings. The van der Waals surface area contributed by atoms with Gasteiger partial charge in [-0.1, -0.05) is 6.92 Å². The fourth-order valence-corrected chi connectivity index (χ4v) is 2.75. The van der Waals surface area contributed by atoms with Crippen molar-refractivity contribution in [3.63, 3.8) is 0 Å². The van der Waals surface area contributed by atoms with Crippen LogP contribution in [0.3, 0.4) is 0 Å². The van der Waals surface area contributed by atoms with Crippen LogP contribution in [0, 0.1) is 11.8 Å². The maximum absolute atomic E-state index is 5.81. The number of hydrogen-bond donors (Lipinski definition) is 1. The van der Waals surface area contributed by atoms with Crippen molar-refractivity contribution in [1.82, 2.24) is 0 Å². The van der Waals surface area contributed by atoms with E-state index in [4.69, 9.17) is 10.5 Å². The van der Waals surface area contributed by atoms with Crippen LogP contribution in [0.15, 0.2) is 0 Å². The average molecular weight is 169 g/mol. The molecule has 4 atom stereocenters. The molecule has 0 amide bonds. The van der Waals surface area contributed by atoms with E-state index < -0.39 is 0 Å². The summed E-state index contributed by atoms with van der Waals surface area (Å²) >= 11 is 0. The fourth-order valence-electron chi connectivity index (χ4n) is 2.75. The van der Waals surface area contributed by atoms with E-state index >= 15 is 0 Å². The maximum atomic E-state index is 5.81. The zero-order chi connectivity index (χ0) is 8.55.